The van der Waals surface area contributed by atoms with Gasteiger partial charge < -0.3 is 10.8 Å². The van der Waals surface area contributed by atoms with E-state index in [4.69, 9.17) is 15.6 Å². The number of nitrogens with zero attached hydrogens (tertiary/aromatic N) is 3. The smallest absolute Gasteiger partial charge is 0.475 e. The lowest BCUT2D eigenvalue weighted by molar-refractivity contribution is -0.192. The second kappa shape index (κ2) is 13.8. The van der Waals surface area contributed by atoms with E-state index in [1.807, 2.05) is 0 Å². The van der Waals surface area contributed by atoms with E-state index >= 15 is 0 Å². The van der Waals surface area contributed by atoms with Gasteiger partial charge in [0, 0.05) is 38.9 Å². The molecule has 0 aromatic carbocycles. The standard InChI is InChI=1S/C22H36N4O6S3.C2HF3O2/c23-14-18-6-7-24-22(13-18)34(29,30)17-19-12-21(20-4-2-1-3-5-20)16-26(15-19)35(31,32)25-8-10-33(27,28)11-9-25;3-2(4,5)1(6)7/h6-7,13,19-21H,1-5,8-12,14-17,23H2;(H,6,7). The van der Waals surface area contributed by atoms with Crippen LogP contribution in [0, 0.1) is 17.8 Å². The van der Waals surface area contributed by atoms with Crippen molar-refractivity contribution >= 4 is 35.9 Å². The summed E-state index contributed by atoms with van der Waals surface area (Å²) in [6, 6.07) is 3.16. The average Bonchev–Trinajstić information content (AvgIpc) is 2.92. The number of aliphatic carboxylic acids is 1. The fourth-order valence-corrected chi connectivity index (χ4v) is 10.5. The molecule has 1 aromatic rings. The van der Waals surface area contributed by atoms with Gasteiger partial charge in [-0.05, 0) is 41.9 Å². The molecule has 2 aliphatic heterocycles. The van der Waals surface area contributed by atoms with Gasteiger partial charge in [-0.25, -0.2) is 26.6 Å². The molecule has 0 radical (unpaired) electrons. The van der Waals surface area contributed by atoms with E-state index in [0.29, 0.717) is 24.4 Å². The van der Waals surface area contributed by atoms with Crippen LogP contribution in [-0.4, -0.2) is 99.5 Å². The molecular weight excluding hydrogens is 625 g/mol. The molecule has 1 saturated carbocycles. The van der Waals surface area contributed by atoms with Gasteiger partial charge in [-0.2, -0.15) is 30.2 Å². The summed E-state index contributed by atoms with van der Waals surface area (Å²) in [6.07, 6.45) is 2.45. The van der Waals surface area contributed by atoms with Crippen LogP contribution in [0.2, 0.25) is 0 Å². The molecule has 2 atom stereocenters. The Hall–Kier alpha value is -1.86. The van der Waals surface area contributed by atoms with Crippen LogP contribution < -0.4 is 5.73 Å². The van der Waals surface area contributed by atoms with E-state index in [9.17, 15) is 38.4 Å². The van der Waals surface area contributed by atoms with Gasteiger partial charge in [0.15, 0.2) is 24.7 Å². The molecule has 4 rings (SSSR count). The largest absolute Gasteiger partial charge is 0.490 e. The molecule has 0 amide bonds. The summed E-state index contributed by atoms with van der Waals surface area (Å²) < 4.78 is 112. The van der Waals surface area contributed by atoms with Crippen molar-refractivity contribution in [3.8, 4) is 0 Å². The molecule has 18 heteroatoms. The Morgan fingerprint density at radius 2 is 1.62 bits per heavy atom. The van der Waals surface area contributed by atoms with E-state index < -0.39 is 42.0 Å². The molecule has 3 aliphatic rings. The van der Waals surface area contributed by atoms with Gasteiger partial charge in [-0.15, -0.1) is 0 Å². The van der Waals surface area contributed by atoms with Crippen molar-refractivity contribution in [3.63, 3.8) is 0 Å². The SMILES string of the molecule is NCc1ccnc(S(=O)(=O)CC2CC(C3CCCCC3)CN(S(=O)(=O)N3CCS(=O)(=O)CC3)C2)c1.O=C(O)C(F)(F)F. The number of carboxylic acids is 1. The number of sulfone groups is 2. The van der Waals surface area contributed by atoms with E-state index in [-0.39, 0.29) is 60.3 Å². The average molecular weight is 663 g/mol. The Morgan fingerprint density at radius 1 is 1.02 bits per heavy atom. The molecule has 42 heavy (non-hydrogen) atoms. The number of hydrogen-bond donors (Lipinski definition) is 2. The predicted octanol–water partition coefficient (Wildman–Crippen LogP) is 1.44. The summed E-state index contributed by atoms with van der Waals surface area (Å²) in [5, 5.41) is 7.09. The number of piperidine rings is 1. The monoisotopic (exact) mass is 662 g/mol. The minimum Gasteiger partial charge on any atom is -0.475 e. The molecule has 2 saturated heterocycles. The fraction of sp³-hybridized carbons (Fsp3) is 0.750. The first-order chi connectivity index (χ1) is 19.4. The van der Waals surface area contributed by atoms with Crippen molar-refractivity contribution in [3.05, 3.63) is 23.9 Å². The fourth-order valence-electron chi connectivity index (χ4n) is 5.69. The number of carbonyl (C=O) groups is 1. The van der Waals surface area contributed by atoms with Gasteiger partial charge in [0.05, 0.1) is 17.3 Å². The quantitative estimate of drug-likeness (QED) is 0.433. The summed E-state index contributed by atoms with van der Waals surface area (Å²) in [5.41, 5.74) is 6.34. The van der Waals surface area contributed by atoms with Gasteiger partial charge in [-0.1, -0.05) is 32.1 Å². The van der Waals surface area contributed by atoms with Crippen LogP contribution in [0.5, 0.6) is 0 Å². The highest BCUT2D eigenvalue weighted by molar-refractivity contribution is 7.92. The maximum absolute atomic E-state index is 13.5. The molecule has 2 unspecified atom stereocenters. The second-order valence-corrected chi connectivity index (χ2v) is 17.1. The van der Waals surface area contributed by atoms with Gasteiger partial charge in [0.2, 0.25) is 0 Å². The zero-order valence-electron chi connectivity index (χ0n) is 22.9. The number of rotatable bonds is 7. The van der Waals surface area contributed by atoms with Crippen LogP contribution in [0.3, 0.4) is 0 Å². The minimum atomic E-state index is -5.08. The van der Waals surface area contributed by atoms with Crippen molar-refractivity contribution in [2.75, 3.05) is 43.4 Å². The Morgan fingerprint density at radius 3 is 2.17 bits per heavy atom. The number of halogens is 3. The summed E-state index contributed by atoms with van der Waals surface area (Å²) in [6.45, 7) is 0.538. The molecule has 1 aliphatic carbocycles. The first-order valence-electron chi connectivity index (χ1n) is 13.6. The third-order valence-corrected chi connectivity index (χ3v) is 13.2. The summed E-state index contributed by atoms with van der Waals surface area (Å²) >= 11 is 0. The van der Waals surface area contributed by atoms with Gasteiger partial charge in [0.1, 0.15) is 0 Å². The third-order valence-electron chi connectivity index (χ3n) is 7.86. The lowest BCUT2D eigenvalue weighted by atomic mass is 9.75. The highest BCUT2D eigenvalue weighted by Crippen LogP contribution is 2.38. The lowest BCUT2D eigenvalue weighted by Gasteiger charge is -2.43. The Kier molecular flexibility index (Phi) is 11.4. The molecular formula is C24H37F3N4O8S3. The third kappa shape index (κ3) is 9.32. The van der Waals surface area contributed by atoms with Crippen molar-refractivity contribution in [1.82, 2.24) is 13.6 Å². The van der Waals surface area contributed by atoms with E-state index in [2.05, 4.69) is 4.98 Å². The van der Waals surface area contributed by atoms with E-state index in [1.165, 1.54) is 27.3 Å². The highest BCUT2D eigenvalue weighted by Gasteiger charge is 2.42. The molecule has 12 nitrogen and oxygen atoms in total. The van der Waals surface area contributed by atoms with Gasteiger partial charge in [0.25, 0.3) is 10.2 Å². The van der Waals surface area contributed by atoms with E-state index in [0.717, 1.165) is 25.7 Å². The van der Waals surface area contributed by atoms with Crippen LogP contribution >= 0.6 is 0 Å². The number of aromatic nitrogens is 1. The Labute approximate surface area is 244 Å². The van der Waals surface area contributed by atoms with Crippen LogP contribution in [0.25, 0.3) is 0 Å². The Bertz CT molecular complexity index is 1400. The number of pyridine rings is 1. The predicted molar refractivity (Wildman–Crippen MR) is 147 cm³/mol. The van der Waals surface area contributed by atoms with Gasteiger partial charge in [-0.3, -0.25) is 0 Å². The van der Waals surface area contributed by atoms with Crippen LogP contribution in [0.4, 0.5) is 13.2 Å². The molecule has 3 heterocycles. The molecule has 3 N–H and O–H groups in total. The topological polar surface area (TPSA) is 185 Å². The summed E-state index contributed by atoms with van der Waals surface area (Å²) in [4.78, 5) is 12.9. The van der Waals surface area contributed by atoms with Crippen LogP contribution in [0.15, 0.2) is 23.4 Å². The molecule has 3 fully saturated rings. The zero-order valence-corrected chi connectivity index (χ0v) is 25.4. The van der Waals surface area contributed by atoms with E-state index in [1.54, 1.807) is 6.07 Å². The van der Waals surface area contributed by atoms with Crippen molar-refractivity contribution in [1.29, 1.82) is 0 Å². The number of hydrogen-bond acceptors (Lipinski definition) is 9. The van der Waals surface area contributed by atoms with Crippen molar-refractivity contribution < 1.29 is 48.3 Å². The first kappa shape index (κ1) is 34.6. The molecule has 0 bridgehead atoms. The van der Waals surface area contributed by atoms with Crippen LogP contribution in [0.1, 0.15) is 44.1 Å². The summed E-state index contributed by atoms with van der Waals surface area (Å²) in [7, 11) is -10.9. The van der Waals surface area contributed by atoms with Crippen LogP contribution in [-0.2, 0) is 41.2 Å². The molecule has 0 spiro atoms. The summed E-state index contributed by atoms with van der Waals surface area (Å²) in [5.74, 6) is -3.24. The number of carboxylic acid groups (broad SMARTS) is 1. The normalized spacial score (nSPS) is 24.9. The lowest BCUT2D eigenvalue weighted by Crippen LogP contribution is -2.55. The molecule has 1 aromatic heterocycles. The number of nitrogens with two attached hydrogens (primary N) is 1. The van der Waals surface area contributed by atoms with Crippen molar-refractivity contribution in [2.24, 2.45) is 23.5 Å². The highest BCUT2D eigenvalue weighted by atomic mass is 32.2. The number of alkyl halides is 3. The Balaban J connectivity index is 0.000000616. The second-order valence-electron chi connectivity index (χ2n) is 10.9. The minimum absolute atomic E-state index is 0.0316. The van der Waals surface area contributed by atoms with Gasteiger partial charge >= 0.3 is 12.1 Å². The zero-order chi connectivity index (χ0) is 31.3. The maximum Gasteiger partial charge on any atom is 0.490 e. The first-order valence-corrected chi connectivity index (χ1v) is 18.4. The maximum atomic E-state index is 13.5. The van der Waals surface area contributed by atoms with Crippen molar-refractivity contribution in [2.45, 2.75) is 56.3 Å². The molecule has 240 valence electrons.